The van der Waals surface area contributed by atoms with Crippen molar-refractivity contribution in [2.75, 3.05) is 6.61 Å². The van der Waals surface area contributed by atoms with Gasteiger partial charge in [0.25, 0.3) is 5.91 Å². The van der Waals surface area contributed by atoms with Crippen LogP contribution >= 0.6 is 0 Å². The molecule has 0 radical (unpaired) electrons. The summed E-state index contributed by atoms with van der Waals surface area (Å²) in [7, 11) is 0. The van der Waals surface area contributed by atoms with E-state index in [2.05, 4.69) is 5.32 Å². The summed E-state index contributed by atoms with van der Waals surface area (Å²) in [5, 5.41) is 3.01. The highest BCUT2D eigenvalue weighted by atomic mass is 16.5. The zero-order valence-electron chi connectivity index (χ0n) is 19.0. The van der Waals surface area contributed by atoms with E-state index in [4.69, 9.17) is 4.74 Å². The lowest BCUT2D eigenvalue weighted by Crippen LogP contribution is -2.54. The van der Waals surface area contributed by atoms with E-state index in [1.165, 1.54) is 0 Å². The molecule has 2 rings (SSSR count). The number of carbonyl (C=O) groups excluding carboxylic acids is 2. The quantitative estimate of drug-likeness (QED) is 0.701. The first-order valence-electron chi connectivity index (χ1n) is 10.5. The summed E-state index contributed by atoms with van der Waals surface area (Å²) in [5.41, 5.74) is 2.85. The molecule has 2 aromatic rings. The first-order valence-corrected chi connectivity index (χ1v) is 10.5. The Morgan fingerprint density at radius 2 is 1.70 bits per heavy atom. The molecule has 0 fully saturated rings. The van der Waals surface area contributed by atoms with E-state index in [9.17, 15) is 9.59 Å². The summed E-state index contributed by atoms with van der Waals surface area (Å²) >= 11 is 0. The first kappa shape index (κ1) is 23.5. The number of benzene rings is 2. The van der Waals surface area contributed by atoms with Crippen molar-refractivity contribution in [3.63, 3.8) is 0 Å². The monoisotopic (exact) mass is 410 g/mol. The van der Waals surface area contributed by atoms with Crippen LogP contribution < -0.4 is 10.1 Å². The number of hydrogen-bond donors (Lipinski definition) is 1. The molecule has 0 aliphatic heterocycles. The molecule has 0 unspecified atom stereocenters. The number of aryl methyl sites for hydroxylation is 2. The molecule has 5 nitrogen and oxygen atoms in total. The Hall–Kier alpha value is -2.82. The number of carbonyl (C=O) groups is 2. The van der Waals surface area contributed by atoms with E-state index in [0.29, 0.717) is 18.7 Å². The smallest absolute Gasteiger partial charge is 0.261 e. The summed E-state index contributed by atoms with van der Waals surface area (Å²) in [4.78, 5) is 27.8. The van der Waals surface area contributed by atoms with Crippen molar-refractivity contribution >= 4 is 11.8 Å². The van der Waals surface area contributed by atoms with Gasteiger partial charge in [-0.1, -0.05) is 54.4 Å². The minimum Gasteiger partial charge on any atom is -0.484 e. The Labute approximate surface area is 180 Å². The molecule has 1 atom stereocenters. The second kappa shape index (κ2) is 10.3. The molecular weight excluding hydrogens is 376 g/mol. The molecule has 0 saturated heterocycles. The van der Waals surface area contributed by atoms with Crippen LogP contribution in [0.25, 0.3) is 0 Å². The molecule has 0 aromatic heterocycles. The lowest BCUT2D eigenvalue weighted by atomic mass is 10.1. The van der Waals surface area contributed by atoms with Gasteiger partial charge in [-0.3, -0.25) is 9.59 Å². The number of amides is 2. The van der Waals surface area contributed by atoms with Gasteiger partial charge in [0.05, 0.1) is 0 Å². The van der Waals surface area contributed by atoms with Crippen LogP contribution in [0.4, 0.5) is 0 Å². The summed E-state index contributed by atoms with van der Waals surface area (Å²) < 4.78 is 5.72. The summed E-state index contributed by atoms with van der Waals surface area (Å²) in [6.45, 7) is 12.0. The SMILES string of the molecule is CC[C@H](C(=O)NC(C)(C)C)N(Cc1cccc(C)c1)C(=O)COc1ccc(C)cc1. The molecule has 2 amide bonds. The maximum Gasteiger partial charge on any atom is 0.261 e. The highest BCUT2D eigenvalue weighted by molar-refractivity contribution is 5.88. The molecule has 5 heteroatoms. The standard InChI is InChI=1S/C25H34N2O3/c1-7-22(24(29)26-25(4,5)6)27(16-20-10-8-9-19(3)15-20)23(28)17-30-21-13-11-18(2)12-14-21/h8-15,22H,7,16-17H2,1-6H3,(H,26,29)/t22-/m1/s1. The van der Waals surface area contributed by atoms with E-state index < -0.39 is 6.04 Å². The highest BCUT2D eigenvalue weighted by Crippen LogP contribution is 2.16. The lowest BCUT2D eigenvalue weighted by molar-refractivity contribution is -0.143. The topological polar surface area (TPSA) is 58.6 Å². The van der Waals surface area contributed by atoms with E-state index in [-0.39, 0.29) is 24.0 Å². The van der Waals surface area contributed by atoms with Crippen molar-refractivity contribution in [3.8, 4) is 5.75 Å². The fraction of sp³-hybridized carbons (Fsp3) is 0.440. The molecular formula is C25H34N2O3. The second-order valence-electron chi connectivity index (χ2n) is 8.78. The minimum absolute atomic E-state index is 0.117. The van der Waals surface area contributed by atoms with Gasteiger partial charge in [0.1, 0.15) is 11.8 Å². The Morgan fingerprint density at radius 3 is 2.27 bits per heavy atom. The van der Waals surface area contributed by atoms with E-state index in [1.807, 2.05) is 90.1 Å². The molecule has 0 saturated carbocycles. The van der Waals surface area contributed by atoms with Gasteiger partial charge in [-0.15, -0.1) is 0 Å². The molecule has 1 N–H and O–H groups in total. The predicted molar refractivity (Wildman–Crippen MR) is 120 cm³/mol. The van der Waals surface area contributed by atoms with Gasteiger partial charge in [-0.25, -0.2) is 0 Å². The molecule has 0 aliphatic carbocycles. The Morgan fingerprint density at radius 1 is 1.03 bits per heavy atom. The van der Waals surface area contributed by atoms with Crippen LogP contribution in [0.5, 0.6) is 5.75 Å². The highest BCUT2D eigenvalue weighted by Gasteiger charge is 2.30. The summed E-state index contributed by atoms with van der Waals surface area (Å²) in [6, 6.07) is 15.0. The zero-order valence-corrected chi connectivity index (χ0v) is 19.0. The third-order valence-electron chi connectivity index (χ3n) is 4.70. The number of nitrogens with one attached hydrogen (secondary N) is 1. The average Bonchev–Trinajstić information content (AvgIpc) is 2.66. The number of nitrogens with zero attached hydrogens (tertiary/aromatic N) is 1. The van der Waals surface area contributed by atoms with Crippen molar-refractivity contribution in [2.45, 2.75) is 66.1 Å². The minimum atomic E-state index is -0.571. The Bertz CT molecular complexity index is 853. The Kier molecular flexibility index (Phi) is 8.04. The van der Waals surface area contributed by atoms with Gasteiger partial charge in [0.15, 0.2) is 6.61 Å². The lowest BCUT2D eigenvalue weighted by Gasteiger charge is -2.33. The van der Waals surface area contributed by atoms with E-state index >= 15 is 0 Å². The third-order valence-corrected chi connectivity index (χ3v) is 4.70. The van der Waals surface area contributed by atoms with Gasteiger partial charge >= 0.3 is 0 Å². The molecule has 162 valence electrons. The zero-order chi connectivity index (χ0) is 22.3. The summed E-state index contributed by atoms with van der Waals surface area (Å²) in [5.74, 6) is 0.269. The largest absolute Gasteiger partial charge is 0.484 e. The van der Waals surface area contributed by atoms with Crippen molar-refractivity contribution in [2.24, 2.45) is 0 Å². The normalized spacial score (nSPS) is 12.2. The van der Waals surface area contributed by atoms with Gasteiger partial charge in [0.2, 0.25) is 5.91 Å². The first-order chi connectivity index (χ1) is 14.1. The third kappa shape index (κ3) is 7.21. The van der Waals surface area contributed by atoms with Crippen LogP contribution in [0.15, 0.2) is 48.5 Å². The molecule has 0 aliphatic rings. The fourth-order valence-electron chi connectivity index (χ4n) is 3.24. The Balaban J connectivity index is 2.22. The number of rotatable bonds is 8. The van der Waals surface area contributed by atoms with E-state index in [0.717, 1.165) is 16.7 Å². The van der Waals surface area contributed by atoms with Crippen LogP contribution in [-0.2, 0) is 16.1 Å². The van der Waals surface area contributed by atoms with Crippen LogP contribution in [0.1, 0.15) is 50.8 Å². The van der Waals surface area contributed by atoms with Crippen molar-refractivity contribution in [1.82, 2.24) is 10.2 Å². The van der Waals surface area contributed by atoms with Gasteiger partial charge in [-0.2, -0.15) is 0 Å². The van der Waals surface area contributed by atoms with Gasteiger partial charge < -0.3 is 15.0 Å². The average molecular weight is 411 g/mol. The van der Waals surface area contributed by atoms with Crippen LogP contribution in [-0.4, -0.2) is 34.9 Å². The summed E-state index contributed by atoms with van der Waals surface area (Å²) in [6.07, 6.45) is 0.518. The number of hydrogen-bond acceptors (Lipinski definition) is 3. The maximum absolute atomic E-state index is 13.2. The molecule has 2 aromatic carbocycles. The molecule has 0 heterocycles. The second-order valence-corrected chi connectivity index (χ2v) is 8.78. The van der Waals surface area contributed by atoms with E-state index in [1.54, 1.807) is 4.90 Å². The van der Waals surface area contributed by atoms with Crippen LogP contribution in [0, 0.1) is 13.8 Å². The van der Waals surface area contributed by atoms with Crippen LogP contribution in [0.2, 0.25) is 0 Å². The molecule has 0 spiro atoms. The molecule has 30 heavy (non-hydrogen) atoms. The van der Waals surface area contributed by atoms with Crippen molar-refractivity contribution < 1.29 is 14.3 Å². The fourth-order valence-corrected chi connectivity index (χ4v) is 3.24. The van der Waals surface area contributed by atoms with Gasteiger partial charge in [-0.05, 0) is 58.7 Å². The maximum atomic E-state index is 13.2. The van der Waals surface area contributed by atoms with Crippen molar-refractivity contribution in [1.29, 1.82) is 0 Å². The van der Waals surface area contributed by atoms with Crippen LogP contribution in [0.3, 0.4) is 0 Å². The predicted octanol–water partition coefficient (Wildman–Crippen LogP) is 4.40. The molecule has 0 bridgehead atoms. The van der Waals surface area contributed by atoms with Crippen molar-refractivity contribution in [3.05, 3.63) is 65.2 Å². The van der Waals surface area contributed by atoms with Gasteiger partial charge in [0, 0.05) is 12.1 Å². The number of ether oxygens (including phenoxy) is 1.